The Morgan fingerprint density at radius 3 is 2.25 bits per heavy atom. The number of carbonyl (C=O) groups is 1. The van der Waals surface area contributed by atoms with Crippen molar-refractivity contribution in [2.75, 3.05) is 7.11 Å². The van der Waals surface area contributed by atoms with Crippen molar-refractivity contribution in [2.45, 2.75) is 45.5 Å². The van der Waals surface area contributed by atoms with E-state index in [1.807, 2.05) is 6.92 Å². The lowest BCUT2D eigenvalue weighted by Crippen LogP contribution is -2.25. The molecule has 2 rings (SSSR count). The number of allylic oxidation sites excluding steroid dienone is 5. The molecular weight excluding hydrogens is 445 g/mol. The first-order chi connectivity index (χ1) is 14.8. The lowest BCUT2D eigenvalue weighted by molar-refractivity contribution is -0.0509. The second-order valence-electron chi connectivity index (χ2n) is 6.90. The summed E-state index contributed by atoms with van der Waals surface area (Å²) in [6.45, 7) is 12.4. The first-order valence-electron chi connectivity index (χ1n) is 9.69. The van der Waals surface area contributed by atoms with Gasteiger partial charge in [0.2, 0.25) is 0 Å². The molecule has 1 aromatic carbocycles. The average molecular weight is 473 g/mol. The molecule has 0 heterocycles. The summed E-state index contributed by atoms with van der Waals surface area (Å²) in [4.78, 5) is 11.8. The summed E-state index contributed by atoms with van der Waals surface area (Å²) < 4.78 is 72.0. The van der Waals surface area contributed by atoms with E-state index in [-0.39, 0.29) is 17.5 Å². The Morgan fingerprint density at radius 2 is 1.78 bits per heavy atom. The number of methoxy groups -OCH3 is 1. The predicted octanol–water partition coefficient (Wildman–Crippen LogP) is 6.10. The molecule has 1 aromatic rings. The zero-order chi connectivity index (χ0) is 24.7. The maximum atomic E-state index is 13.0. The van der Waals surface area contributed by atoms with Gasteiger partial charge >= 0.3 is 21.6 Å². The van der Waals surface area contributed by atoms with E-state index in [9.17, 15) is 26.4 Å². The predicted molar refractivity (Wildman–Crippen MR) is 118 cm³/mol. The van der Waals surface area contributed by atoms with Crippen molar-refractivity contribution >= 4 is 21.8 Å². The van der Waals surface area contributed by atoms with Crippen molar-refractivity contribution in [3.63, 3.8) is 0 Å². The van der Waals surface area contributed by atoms with Crippen LogP contribution < -0.4 is 0 Å². The molecule has 1 aliphatic carbocycles. The van der Waals surface area contributed by atoms with E-state index in [4.69, 9.17) is 0 Å². The number of esters is 1. The molecule has 32 heavy (non-hydrogen) atoms. The van der Waals surface area contributed by atoms with Crippen LogP contribution in [0.1, 0.15) is 55.1 Å². The lowest BCUT2D eigenvalue weighted by Gasteiger charge is -2.19. The summed E-state index contributed by atoms with van der Waals surface area (Å²) in [5, 5.41) is 0. The highest BCUT2D eigenvalue weighted by atomic mass is 32.2. The van der Waals surface area contributed by atoms with Crippen LogP contribution in [0, 0.1) is 0 Å². The maximum absolute atomic E-state index is 13.0. The van der Waals surface area contributed by atoms with Crippen molar-refractivity contribution < 1.29 is 35.3 Å². The molecule has 0 bridgehead atoms. The van der Waals surface area contributed by atoms with Gasteiger partial charge in [-0.3, -0.25) is 0 Å². The number of aryl methyl sites for hydroxylation is 1. The van der Waals surface area contributed by atoms with Gasteiger partial charge in [0.25, 0.3) is 0 Å². The molecule has 0 aromatic heterocycles. The molecule has 0 amide bonds. The average Bonchev–Trinajstić information content (AvgIpc) is 2.86. The van der Waals surface area contributed by atoms with Crippen LogP contribution in [0.15, 0.2) is 60.2 Å². The van der Waals surface area contributed by atoms with Crippen molar-refractivity contribution in [2.24, 2.45) is 0 Å². The van der Waals surface area contributed by atoms with Crippen LogP contribution >= 0.6 is 0 Å². The molecule has 176 valence electrons. The van der Waals surface area contributed by atoms with Crippen LogP contribution in [0.4, 0.5) is 13.2 Å². The number of fused-ring (bicyclic) bond motifs is 1. The number of ether oxygens (including phenoxy) is 1. The maximum Gasteiger partial charge on any atom is 0.534 e. The van der Waals surface area contributed by atoms with Crippen LogP contribution in [0.25, 0.3) is 5.76 Å². The van der Waals surface area contributed by atoms with E-state index in [1.165, 1.54) is 25.3 Å². The number of benzene rings is 1. The Bertz CT molecular complexity index is 1050. The number of halogens is 3. The summed E-state index contributed by atoms with van der Waals surface area (Å²) in [7, 11) is -4.68. The third-order valence-electron chi connectivity index (χ3n) is 4.47. The highest BCUT2D eigenvalue weighted by Crippen LogP contribution is 2.40. The van der Waals surface area contributed by atoms with Crippen LogP contribution in [0.5, 0.6) is 0 Å². The molecule has 0 aliphatic heterocycles. The van der Waals surface area contributed by atoms with Crippen LogP contribution in [0.3, 0.4) is 0 Å². The first-order valence-corrected chi connectivity index (χ1v) is 11.1. The van der Waals surface area contributed by atoms with Gasteiger partial charge in [0.1, 0.15) is 0 Å². The number of hydrogen-bond donors (Lipinski definition) is 0. The highest BCUT2D eigenvalue weighted by molar-refractivity contribution is 7.87. The van der Waals surface area contributed by atoms with E-state index in [2.05, 4.69) is 22.1 Å². The standard InChI is InChI=1S/C20H21F3O5S.C3H6/c1-5-15(12(2)3)17-8-6-7-13-11-14(19(24)27-4)9-10-16(13)18(17)28-29(25,26)20(21,22)23;1-3-2/h5,9-11H,2,6-8H2,1,3-4H3;3H,1H2,2H3/b15-5+;. The summed E-state index contributed by atoms with van der Waals surface area (Å²) >= 11 is 0. The molecular formula is C23H27F3O5S. The number of carbonyl (C=O) groups excluding carboxylic acids is 1. The minimum Gasteiger partial charge on any atom is -0.465 e. The van der Waals surface area contributed by atoms with E-state index in [0.717, 1.165) is 0 Å². The van der Waals surface area contributed by atoms with Gasteiger partial charge < -0.3 is 8.92 Å². The van der Waals surface area contributed by atoms with Crippen molar-refractivity contribution in [1.82, 2.24) is 0 Å². The number of hydrogen-bond acceptors (Lipinski definition) is 5. The van der Waals surface area contributed by atoms with Crippen LogP contribution in [-0.2, 0) is 25.5 Å². The molecule has 0 N–H and O–H groups in total. The Balaban J connectivity index is 0.00000161. The van der Waals surface area contributed by atoms with Gasteiger partial charge in [-0.1, -0.05) is 30.4 Å². The Labute approximate surface area is 187 Å². The summed E-state index contributed by atoms with van der Waals surface area (Å²) in [5.41, 5.74) is -3.31. The molecule has 0 atom stereocenters. The molecule has 0 spiro atoms. The zero-order valence-electron chi connectivity index (χ0n) is 18.5. The molecule has 0 saturated carbocycles. The number of rotatable bonds is 5. The fourth-order valence-electron chi connectivity index (χ4n) is 3.19. The van der Waals surface area contributed by atoms with Crippen molar-refractivity contribution in [3.05, 3.63) is 76.9 Å². The Kier molecular flexibility index (Phi) is 9.51. The normalized spacial score (nSPS) is 14.4. The molecule has 0 radical (unpaired) electrons. The van der Waals surface area contributed by atoms with Gasteiger partial charge in [0.05, 0.1) is 12.7 Å². The summed E-state index contributed by atoms with van der Waals surface area (Å²) in [6, 6.07) is 4.21. The van der Waals surface area contributed by atoms with E-state index >= 15 is 0 Å². The summed E-state index contributed by atoms with van der Waals surface area (Å²) in [6.07, 6.45) is 4.60. The van der Waals surface area contributed by atoms with E-state index in [1.54, 1.807) is 26.0 Å². The van der Waals surface area contributed by atoms with E-state index < -0.39 is 27.4 Å². The van der Waals surface area contributed by atoms with Crippen molar-refractivity contribution in [3.8, 4) is 0 Å². The number of alkyl halides is 3. The van der Waals surface area contributed by atoms with E-state index in [0.29, 0.717) is 35.1 Å². The smallest absolute Gasteiger partial charge is 0.465 e. The zero-order valence-corrected chi connectivity index (χ0v) is 19.3. The quantitative estimate of drug-likeness (QED) is 0.170. The summed E-state index contributed by atoms with van der Waals surface area (Å²) in [5.74, 6) is -1.01. The third-order valence-corrected chi connectivity index (χ3v) is 5.42. The molecule has 9 heteroatoms. The first kappa shape index (κ1) is 27.2. The molecule has 0 fully saturated rings. The minimum atomic E-state index is -5.89. The lowest BCUT2D eigenvalue weighted by atomic mass is 9.94. The monoisotopic (exact) mass is 472 g/mol. The highest BCUT2D eigenvalue weighted by Gasteiger charge is 2.49. The topological polar surface area (TPSA) is 69.7 Å². The van der Waals surface area contributed by atoms with Crippen LogP contribution in [-0.4, -0.2) is 27.0 Å². The molecule has 0 unspecified atom stereocenters. The van der Waals surface area contributed by atoms with Gasteiger partial charge in [-0.05, 0) is 63.3 Å². The van der Waals surface area contributed by atoms with Gasteiger partial charge in [-0.2, -0.15) is 21.6 Å². The van der Waals surface area contributed by atoms with Crippen LogP contribution in [0.2, 0.25) is 0 Å². The van der Waals surface area contributed by atoms with Gasteiger partial charge in [-0.15, -0.1) is 6.58 Å². The molecule has 5 nitrogen and oxygen atoms in total. The van der Waals surface area contributed by atoms with Gasteiger partial charge in [-0.25, -0.2) is 4.79 Å². The van der Waals surface area contributed by atoms with Gasteiger partial charge in [0.15, 0.2) is 5.76 Å². The molecule has 0 saturated heterocycles. The SMILES string of the molecule is C=C(C)/C(=C\C)C1=C(OS(=O)(=O)C(F)(F)F)c2ccc(C(=O)OC)cc2CCC1.C=CC. The second-order valence-corrected chi connectivity index (χ2v) is 8.44. The van der Waals surface area contributed by atoms with Crippen molar-refractivity contribution in [1.29, 1.82) is 0 Å². The minimum absolute atomic E-state index is 0.179. The Morgan fingerprint density at radius 1 is 1.19 bits per heavy atom. The Hall–Kier alpha value is -2.81. The second kappa shape index (κ2) is 11.2. The largest absolute Gasteiger partial charge is 0.534 e. The fourth-order valence-corrected chi connectivity index (χ4v) is 3.69. The molecule has 1 aliphatic rings. The van der Waals surface area contributed by atoms with Gasteiger partial charge in [0, 0.05) is 11.1 Å². The fraction of sp³-hybridized carbons (Fsp3) is 0.348. The third kappa shape index (κ3) is 6.35.